The molecule has 0 aromatic carbocycles. The van der Waals surface area contributed by atoms with Crippen molar-refractivity contribution >= 4 is 52.1 Å². The molecule has 0 spiro atoms. The van der Waals surface area contributed by atoms with Gasteiger partial charge in [-0.3, -0.25) is 4.90 Å². The number of rotatable bonds is 4. The van der Waals surface area contributed by atoms with Crippen molar-refractivity contribution in [3.05, 3.63) is 20.8 Å². The molecule has 19 heavy (non-hydrogen) atoms. The molecule has 2 heterocycles. The van der Waals surface area contributed by atoms with Crippen molar-refractivity contribution in [3.63, 3.8) is 0 Å². The summed E-state index contributed by atoms with van der Waals surface area (Å²) in [5, 5.41) is 3.43. The maximum atomic E-state index is 3.58. The summed E-state index contributed by atoms with van der Waals surface area (Å²) < 4.78 is 1.25. The molecule has 1 fully saturated rings. The van der Waals surface area contributed by atoms with E-state index >= 15 is 0 Å². The minimum Gasteiger partial charge on any atom is -0.314 e. The molecule has 1 aromatic rings. The maximum Gasteiger partial charge on any atom is 0.0701 e. The van der Waals surface area contributed by atoms with Gasteiger partial charge in [0.15, 0.2) is 0 Å². The summed E-state index contributed by atoms with van der Waals surface area (Å²) in [6, 6.07) is 5.06. The Kier molecular flexibility index (Phi) is 9.93. The number of hydrogen-bond donors (Lipinski definition) is 1. The van der Waals surface area contributed by atoms with Crippen LogP contribution >= 0.6 is 52.1 Å². The van der Waals surface area contributed by atoms with Crippen molar-refractivity contribution in [2.75, 3.05) is 26.2 Å². The average molecular weight is 390 g/mol. The number of nitrogens with one attached hydrogen (secondary N) is 1. The van der Waals surface area contributed by atoms with Crippen LogP contribution in [0.2, 0.25) is 0 Å². The summed E-state index contributed by atoms with van der Waals surface area (Å²) >= 11 is 5.46. The van der Waals surface area contributed by atoms with Crippen molar-refractivity contribution in [2.45, 2.75) is 26.3 Å². The van der Waals surface area contributed by atoms with Gasteiger partial charge in [0.2, 0.25) is 0 Å². The third-order valence-corrected chi connectivity index (χ3v) is 4.93. The van der Waals surface area contributed by atoms with Crippen molar-refractivity contribution < 1.29 is 0 Å². The molecule has 2 nitrogen and oxygen atoms in total. The van der Waals surface area contributed by atoms with Crippen LogP contribution in [0.25, 0.3) is 0 Å². The van der Waals surface area contributed by atoms with Crippen LogP contribution in [0, 0.1) is 5.92 Å². The molecule has 2 rings (SSSR count). The molecule has 0 aliphatic carbocycles. The van der Waals surface area contributed by atoms with Crippen molar-refractivity contribution in [1.29, 1.82) is 0 Å². The van der Waals surface area contributed by atoms with E-state index in [9.17, 15) is 0 Å². The van der Waals surface area contributed by atoms with Gasteiger partial charge in [0.1, 0.15) is 0 Å². The van der Waals surface area contributed by atoms with E-state index in [1.54, 1.807) is 0 Å². The van der Waals surface area contributed by atoms with Gasteiger partial charge in [-0.2, -0.15) is 0 Å². The summed E-state index contributed by atoms with van der Waals surface area (Å²) in [5.74, 6) is 0.746. The van der Waals surface area contributed by atoms with Crippen LogP contribution in [-0.2, 0) is 0 Å². The van der Waals surface area contributed by atoms with Gasteiger partial charge < -0.3 is 5.32 Å². The molecule has 0 amide bonds. The smallest absolute Gasteiger partial charge is 0.0701 e. The molecule has 1 N–H and O–H groups in total. The van der Waals surface area contributed by atoms with E-state index < -0.39 is 0 Å². The van der Waals surface area contributed by atoms with Gasteiger partial charge in [0.05, 0.1) is 3.79 Å². The first-order valence-corrected chi connectivity index (χ1v) is 7.98. The summed E-state index contributed by atoms with van der Waals surface area (Å²) in [5.41, 5.74) is 0. The molecule has 0 saturated carbocycles. The monoisotopic (exact) mass is 388 g/mol. The fraction of sp³-hybridized carbons (Fsp3) is 0.692. The van der Waals surface area contributed by atoms with Crippen LogP contribution in [0.1, 0.15) is 31.2 Å². The van der Waals surface area contributed by atoms with Crippen molar-refractivity contribution in [1.82, 2.24) is 10.2 Å². The third kappa shape index (κ3) is 5.90. The van der Waals surface area contributed by atoms with Crippen molar-refractivity contribution in [3.8, 4) is 0 Å². The normalized spacial score (nSPS) is 17.7. The van der Waals surface area contributed by atoms with Gasteiger partial charge in [-0.25, -0.2) is 0 Å². The molecule has 0 unspecified atom stereocenters. The molecular weight excluding hydrogens is 367 g/mol. The lowest BCUT2D eigenvalue weighted by Crippen LogP contribution is -2.45. The number of halogens is 3. The van der Waals surface area contributed by atoms with Gasteiger partial charge in [-0.15, -0.1) is 36.2 Å². The van der Waals surface area contributed by atoms with E-state index in [2.05, 4.69) is 52.1 Å². The van der Waals surface area contributed by atoms with E-state index in [0.717, 1.165) is 19.0 Å². The van der Waals surface area contributed by atoms with Crippen LogP contribution in [0.5, 0.6) is 0 Å². The third-order valence-electron chi connectivity index (χ3n) is 3.21. The lowest BCUT2D eigenvalue weighted by molar-refractivity contribution is 0.156. The second-order valence-electron chi connectivity index (χ2n) is 5.07. The Labute approximate surface area is 141 Å². The van der Waals surface area contributed by atoms with Gasteiger partial charge in [0.25, 0.3) is 0 Å². The Bertz CT molecular complexity index is 354. The van der Waals surface area contributed by atoms with E-state index in [1.165, 1.54) is 28.2 Å². The van der Waals surface area contributed by atoms with Crippen LogP contribution in [-0.4, -0.2) is 31.1 Å². The molecule has 1 aliphatic heterocycles. The molecule has 6 heteroatoms. The average Bonchev–Trinajstić information content (AvgIpc) is 2.73. The summed E-state index contributed by atoms with van der Waals surface area (Å²) in [6.07, 6.45) is 1.26. The number of piperazine rings is 1. The standard InChI is InChI=1S/C13H21BrN2S.2ClH/c1-10(2)9-11(12-3-4-13(14)17-12)16-7-5-15-6-8-16;;/h3-4,10-11,15H,5-9H2,1-2H3;2*1H/t11-;;/m0../s1. The molecular formula is C13H23BrCl2N2S. The molecule has 1 saturated heterocycles. The Morgan fingerprint density at radius 1 is 1.26 bits per heavy atom. The molecule has 112 valence electrons. The summed E-state index contributed by atoms with van der Waals surface area (Å²) in [7, 11) is 0. The zero-order valence-electron chi connectivity index (χ0n) is 11.4. The highest BCUT2D eigenvalue weighted by molar-refractivity contribution is 9.11. The summed E-state index contributed by atoms with van der Waals surface area (Å²) in [6.45, 7) is 9.23. The Morgan fingerprint density at radius 3 is 2.37 bits per heavy atom. The highest BCUT2D eigenvalue weighted by atomic mass is 79.9. The minimum absolute atomic E-state index is 0. The molecule has 1 atom stereocenters. The zero-order chi connectivity index (χ0) is 12.3. The topological polar surface area (TPSA) is 15.3 Å². The number of thiophene rings is 1. The number of nitrogens with zero attached hydrogens (tertiary/aromatic N) is 1. The van der Waals surface area contributed by atoms with E-state index in [0.29, 0.717) is 6.04 Å². The lowest BCUT2D eigenvalue weighted by atomic mass is 10.0. The van der Waals surface area contributed by atoms with E-state index in [-0.39, 0.29) is 24.8 Å². The Hall–Kier alpha value is 0.680. The zero-order valence-corrected chi connectivity index (χ0v) is 15.4. The highest BCUT2D eigenvalue weighted by Crippen LogP contribution is 2.34. The van der Waals surface area contributed by atoms with Crippen LogP contribution in [0.4, 0.5) is 0 Å². The van der Waals surface area contributed by atoms with Crippen LogP contribution in [0.3, 0.4) is 0 Å². The Morgan fingerprint density at radius 2 is 1.89 bits per heavy atom. The minimum atomic E-state index is 0. The predicted octanol–water partition coefficient (Wildman–Crippen LogP) is 4.35. The quantitative estimate of drug-likeness (QED) is 0.823. The predicted molar refractivity (Wildman–Crippen MR) is 93.2 cm³/mol. The van der Waals surface area contributed by atoms with E-state index in [4.69, 9.17) is 0 Å². The second-order valence-corrected chi connectivity index (χ2v) is 7.57. The van der Waals surface area contributed by atoms with Gasteiger partial charge in [-0.1, -0.05) is 13.8 Å². The summed E-state index contributed by atoms with van der Waals surface area (Å²) in [4.78, 5) is 4.14. The van der Waals surface area contributed by atoms with E-state index in [1.807, 2.05) is 11.3 Å². The van der Waals surface area contributed by atoms with Gasteiger partial charge in [-0.05, 0) is 40.4 Å². The fourth-order valence-corrected chi connectivity index (χ4v) is 3.96. The first-order chi connectivity index (χ1) is 8.16. The van der Waals surface area contributed by atoms with Crippen LogP contribution in [0.15, 0.2) is 15.9 Å². The molecule has 0 bridgehead atoms. The first kappa shape index (κ1) is 19.7. The largest absolute Gasteiger partial charge is 0.314 e. The van der Waals surface area contributed by atoms with Gasteiger partial charge in [0, 0.05) is 37.1 Å². The van der Waals surface area contributed by atoms with Crippen LogP contribution < -0.4 is 5.32 Å². The first-order valence-electron chi connectivity index (χ1n) is 6.37. The second kappa shape index (κ2) is 9.59. The Balaban J connectivity index is 0.00000162. The molecule has 0 radical (unpaired) electrons. The molecule has 1 aromatic heterocycles. The lowest BCUT2D eigenvalue weighted by Gasteiger charge is -2.35. The SMILES string of the molecule is CC(C)C[C@@H](c1ccc(Br)s1)N1CCNCC1.Cl.Cl. The highest BCUT2D eigenvalue weighted by Gasteiger charge is 2.24. The molecule has 1 aliphatic rings. The van der Waals surface area contributed by atoms with Gasteiger partial charge >= 0.3 is 0 Å². The fourth-order valence-electron chi connectivity index (χ4n) is 2.39. The maximum absolute atomic E-state index is 3.58. The number of hydrogen-bond acceptors (Lipinski definition) is 3. The van der Waals surface area contributed by atoms with Crippen molar-refractivity contribution in [2.24, 2.45) is 5.92 Å².